The first-order chi connectivity index (χ1) is 69.3. The molecular formula is C107H103N11O26. The van der Waals surface area contributed by atoms with E-state index in [-0.39, 0.29) is 121 Å². The Morgan fingerprint density at radius 2 is 0.472 bits per heavy atom. The summed E-state index contributed by atoms with van der Waals surface area (Å²) in [6, 6.07) is 89.6. The maximum absolute atomic E-state index is 12.9. The van der Waals surface area contributed by atoms with Crippen LogP contribution in [0.4, 0.5) is 62.6 Å². The Kier molecular flexibility index (Phi) is 46.3. The van der Waals surface area contributed by atoms with Crippen molar-refractivity contribution in [1.82, 2.24) is 0 Å². The number of hydrogen-bond donors (Lipinski definition) is 10. The number of nitrogens with zero attached hydrogens (tertiary/aromatic N) is 3. The van der Waals surface area contributed by atoms with E-state index < -0.39 is 56.4 Å². The number of rotatable bonds is 33. The molecule has 0 aliphatic heterocycles. The summed E-state index contributed by atoms with van der Waals surface area (Å²) in [7, 11) is 0. The fourth-order valence-corrected chi connectivity index (χ4v) is 13.0. The molecule has 0 saturated heterocycles. The number of nitrogen functional groups attached to an aromatic ring is 2. The average molecular weight is 1960 g/mol. The van der Waals surface area contributed by atoms with E-state index in [9.17, 15) is 92.7 Å². The van der Waals surface area contributed by atoms with Crippen molar-refractivity contribution in [2.75, 3.05) is 76.4 Å². The number of amides is 6. The Morgan fingerprint density at radius 3 is 0.792 bits per heavy atom. The molecule has 37 heteroatoms. The van der Waals surface area contributed by atoms with Crippen LogP contribution in [0.25, 0.3) is 0 Å². The number of aromatic carboxylic acids is 1. The highest BCUT2D eigenvalue weighted by Crippen LogP contribution is 2.29. The molecule has 144 heavy (non-hydrogen) atoms. The first kappa shape index (κ1) is 112. The Labute approximate surface area is 826 Å². The second kappa shape index (κ2) is 59.7. The maximum Gasteiger partial charge on any atom is 0.342 e. The molecule has 0 saturated carbocycles. The molecule has 13 aromatic carbocycles. The number of aliphatic carboxylic acids is 1. The van der Waals surface area contributed by atoms with E-state index in [1.165, 1.54) is 42.5 Å². The summed E-state index contributed by atoms with van der Waals surface area (Å²) in [5, 5.41) is 66.0. The third-order valence-corrected chi connectivity index (χ3v) is 19.6. The minimum absolute atomic E-state index is 0.00117. The highest BCUT2D eigenvalue weighted by atomic mass is 16.6. The van der Waals surface area contributed by atoms with E-state index in [4.69, 9.17) is 45.4 Å². The highest BCUT2D eigenvalue weighted by molar-refractivity contribution is 6.15. The number of benzene rings is 13. The molecule has 0 radical (unpaired) electrons. The molecule has 13 rings (SSSR count). The van der Waals surface area contributed by atoms with E-state index in [0.29, 0.717) is 115 Å². The van der Waals surface area contributed by atoms with Gasteiger partial charge in [-0.05, 0) is 166 Å². The van der Waals surface area contributed by atoms with Crippen LogP contribution in [0.1, 0.15) is 141 Å². The molecule has 0 unspecified atom stereocenters. The summed E-state index contributed by atoms with van der Waals surface area (Å²) < 4.78 is 24.4. The number of nitrogens with one attached hydrogen (secondary N) is 6. The topological polar surface area (TPSA) is 562 Å². The van der Waals surface area contributed by atoms with Crippen molar-refractivity contribution in [1.29, 1.82) is 0 Å². The Morgan fingerprint density at radius 1 is 0.243 bits per heavy atom. The summed E-state index contributed by atoms with van der Waals surface area (Å²) in [5.74, 6) is -6.47. The van der Waals surface area contributed by atoms with Crippen molar-refractivity contribution in [3.8, 4) is 0 Å². The molecule has 13 aromatic rings. The molecule has 37 nitrogen and oxygen atoms in total. The predicted molar refractivity (Wildman–Crippen MR) is 540 cm³/mol. The van der Waals surface area contributed by atoms with Crippen molar-refractivity contribution >= 4 is 140 Å². The number of carboxylic acids is 2. The number of anilines is 8. The number of nitro groups is 3. The largest absolute Gasteiger partial charge is 0.481 e. The molecule has 0 fully saturated rings. The van der Waals surface area contributed by atoms with Gasteiger partial charge in [0, 0.05) is 69.0 Å². The van der Waals surface area contributed by atoms with E-state index in [2.05, 4.69) is 31.9 Å². The van der Waals surface area contributed by atoms with Crippen LogP contribution in [-0.4, -0.2) is 135 Å². The summed E-state index contributed by atoms with van der Waals surface area (Å²) >= 11 is 0. The zero-order valence-corrected chi connectivity index (χ0v) is 78.6. The number of esters is 5. The quantitative estimate of drug-likeness (QED) is 0.00600. The smallest absolute Gasteiger partial charge is 0.342 e. The molecule has 12 N–H and O–H groups in total. The SMILES string of the molecule is CCOC(=O)Cc1ccccc1N.CCOC(=O)Cc1ccccc1NC(=O)c1ccccc1N.CCOC(=O)Cc1ccccc1NC(=O)c1ccccc1NC(=O)c1ccccc1.CCOC(=O)Cc1ccccc1NC(=O)c1ccccc1[N+](=O)[O-].CCOC(=O)Cc1ccccc1[N+](=O)[O-].O=C(O)Cc1ccccc1NC(=O)c1ccccc1NC(=O)c1ccccc1.O=C(O)c1ccccc1[N+](=O)[O-]. The van der Waals surface area contributed by atoms with Crippen LogP contribution in [0.3, 0.4) is 0 Å². The van der Waals surface area contributed by atoms with Gasteiger partial charge in [0.25, 0.3) is 52.5 Å². The second-order valence-electron chi connectivity index (χ2n) is 29.7. The molecule has 0 atom stereocenters. The van der Waals surface area contributed by atoms with Crippen LogP contribution in [-0.2, 0) is 91.0 Å². The van der Waals surface area contributed by atoms with Gasteiger partial charge in [0.15, 0.2) is 0 Å². The van der Waals surface area contributed by atoms with Crippen molar-refractivity contribution in [2.24, 2.45) is 0 Å². The number of carbonyl (C=O) groups is 13. The van der Waals surface area contributed by atoms with Crippen LogP contribution in [0, 0.1) is 30.3 Å². The van der Waals surface area contributed by atoms with Crippen molar-refractivity contribution < 1.29 is 111 Å². The van der Waals surface area contributed by atoms with Gasteiger partial charge in [-0.3, -0.25) is 87.9 Å². The van der Waals surface area contributed by atoms with Crippen LogP contribution in [0.5, 0.6) is 0 Å². The van der Waals surface area contributed by atoms with Gasteiger partial charge in [-0.1, -0.05) is 206 Å². The summed E-state index contributed by atoms with van der Waals surface area (Å²) in [6.45, 7) is 10.3. The van der Waals surface area contributed by atoms with Crippen LogP contribution >= 0.6 is 0 Å². The molecule has 0 heterocycles. The van der Waals surface area contributed by atoms with E-state index in [1.54, 1.807) is 283 Å². The molecule has 6 amide bonds. The van der Waals surface area contributed by atoms with E-state index >= 15 is 0 Å². The maximum atomic E-state index is 12.9. The fraction of sp³-hybridized carbons (Fsp3) is 0.150. The first-order valence-corrected chi connectivity index (χ1v) is 44.4. The molecule has 0 bridgehead atoms. The predicted octanol–water partition coefficient (Wildman–Crippen LogP) is 18.1. The number of nitro benzene ring substituents is 3. The normalized spacial score (nSPS) is 9.95. The molecule has 0 aromatic heterocycles. The Bertz CT molecular complexity index is 6630. The highest BCUT2D eigenvalue weighted by Gasteiger charge is 2.25. The van der Waals surface area contributed by atoms with E-state index in [0.717, 1.165) is 11.6 Å². The van der Waals surface area contributed by atoms with Crippen LogP contribution < -0.4 is 43.4 Å². The number of hydrogen-bond acceptors (Lipinski definition) is 26. The van der Waals surface area contributed by atoms with Crippen LogP contribution in [0.2, 0.25) is 0 Å². The van der Waals surface area contributed by atoms with Gasteiger partial charge in [-0.25, -0.2) is 4.79 Å². The molecule has 742 valence electrons. The monoisotopic (exact) mass is 1960 g/mol. The summed E-state index contributed by atoms with van der Waals surface area (Å²) in [6.07, 6.45) is 0.140. The number of carboxylic acid groups (broad SMARTS) is 2. The number of nitrogens with two attached hydrogens (primary N) is 2. The molecule has 0 aliphatic rings. The molecular weight excluding hydrogens is 1860 g/mol. The number of ether oxygens (including phenoxy) is 5. The summed E-state index contributed by atoms with van der Waals surface area (Å²) in [4.78, 5) is 184. The summed E-state index contributed by atoms with van der Waals surface area (Å²) in [5.41, 5.74) is 19.7. The lowest BCUT2D eigenvalue weighted by atomic mass is 10.1. The number of carbonyl (C=O) groups excluding carboxylic acids is 11. The van der Waals surface area contributed by atoms with Gasteiger partial charge in [0.2, 0.25) is 0 Å². The van der Waals surface area contributed by atoms with Crippen molar-refractivity contribution in [3.63, 3.8) is 0 Å². The third-order valence-electron chi connectivity index (χ3n) is 19.6. The standard InChI is InChI=1S/C24H22N2O4.C22H18N2O4.C17H16N2O5.C17H18N2O3.C10H11NO4.C10H13NO2.C7H5NO4/c1-2-30-22(27)16-18-12-6-8-14-20(18)25-24(29)19-13-7-9-15-21(19)26-23(28)17-10-4-3-5-11-17;25-20(26)14-16-10-4-6-12-18(16)23-22(28)17-11-5-7-13-19(17)24-21(27)15-8-2-1-3-9-15;1-2-24-16(20)11-12-7-3-5-9-14(12)18-17(21)13-8-4-6-10-15(13)19(22)23;1-2-22-16(20)11-12-7-3-6-10-15(12)19-17(21)13-8-4-5-9-14(13)18;1-2-15-10(12)7-8-5-3-4-6-9(8)11(13)14;1-2-13-10(12)7-8-5-3-4-6-9(8)11;9-7(10)5-3-1-2-4-6(5)8(11)12/h3-15H,2,16H2,1H3,(H,25,29)(H,26,28);1-13H,14H2,(H,23,28)(H,24,27)(H,25,26);3-10H,2,11H2,1H3,(H,18,21);3-10H,2,11,18H2,1H3,(H,19,21);3-6H,2,7H2,1H3;3-6H,2,7,11H2,1H3;1-4H,(H,9,10). The van der Waals surface area contributed by atoms with Crippen LogP contribution in [0.15, 0.2) is 328 Å². The fourth-order valence-electron chi connectivity index (χ4n) is 13.0. The van der Waals surface area contributed by atoms with Gasteiger partial charge >= 0.3 is 41.8 Å². The minimum Gasteiger partial charge on any atom is -0.481 e. The van der Waals surface area contributed by atoms with Gasteiger partial charge in [0.05, 0.1) is 114 Å². The minimum atomic E-state index is -1.29. The van der Waals surface area contributed by atoms with Crippen molar-refractivity contribution in [2.45, 2.75) is 73.1 Å². The lowest BCUT2D eigenvalue weighted by molar-refractivity contribution is -0.385. The van der Waals surface area contributed by atoms with Crippen molar-refractivity contribution in [3.05, 3.63) is 430 Å². The third kappa shape index (κ3) is 37.4. The zero-order chi connectivity index (χ0) is 105. The van der Waals surface area contributed by atoms with Gasteiger partial charge < -0.3 is 77.3 Å². The van der Waals surface area contributed by atoms with Gasteiger partial charge in [0.1, 0.15) is 11.1 Å². The molecule has 0 spiro atoms. The van der Waals surface area contributed by atoms with Gasteiger partial charge in [-0.2, -0.15) is 0 Å². The second-order valence-corrected chi connectivity index (χ2v) is 29.7. The van der Waals surface area contributed by atoms with E-state index in [1.807, 2.05) is 30.3 Å². The molecule has 0 aliphatic carbocycles. The lowest BCUT2D eigenvalue weighted by Gasteiger charge is -2.14. The Balaban J connectivity index is 0.000000233. The Hall–Kier alpha value is -19.2. The lowest BCUT2D eigenvalue weighted by Crippen LogP contribution is -2.19. The first-order valence-electron chi connectivity index (χ1n) is 44.4. The average Bonchev–Trinajstić information content (AvgIpc) is 0.834. The van der Waals surface area contributed by atoms with Gasteiger partial charge in [-0.15, -0.1) is 0 Å². The number of para-hydroxylation sites is 11. The zero-order valence-electron chi connectivity index (χ0n) is 78.6.